The van der Waals surface area contributed by atoms with E-state index in [0.717, 1.165) is 12.1 Å². The molecule has 0 unspecified atom stereocenters. The predicted molar refractivity (Wildman–Crippen MR) is 67.7 cm³/mol. The zero-order valence-corrected chi connectivity index (χ0v) is 10.1. The van der Waals surface area contributed by atoms with Crippen molar-refractivity contribution >= 4 is 34.5 Å². The van der Waals surface area contributed by atoms with Gasteiger partial charge in [0.05, 0.1) is 5.69 Å². The molecule has 0 aliphatic rings. The lowest BCUT2D eigenvalue weighted by atomic mass is 10.2. The van der Waals surface area contributed by atoms with E-state index in [-0.39, 0.29) is 0 Å². The van der Waals surface area contributed by atoms with Gasteiger partial charge in [-0.1, -0.05) is 0 Å². The fourth-order valence-corrected chi connectivity index (χ4v) is 2.77. The fraction of sp³-hybridized carbons (Fsp3) is 0.182. The first-order valence-electron chi connectivity index (χ1n) is 4.81. The summed E-state index contributed by atoms with van der Waals surface area (Å²) in [6.45, 7) is 0.503. The predicted octanol–water partition coefficient (Wildman–Crippen LogP) is 3.54. The molecule has 1 N–H and O–H groups in total. The topological polar surface area (TPSA) is 40.5 Å². The van der Waals surface area contributed by atoms with Gasteiger partial charge in [0.25, 0.3) is 0 Å². The highest BCUT2D eigenvalue weighted by Gasteiger charge is 2.14. The van der Waals surface area contributed by atoms with Gasteiger partial charge in [-0.25, -0.2) is 4.79 Å². The molecule has 0 atom stereocenters. The standard InChI is InChI=1S/C11H11NO2S2/c13-11(14)12(10-3-6-16-8-10)4-1-9-2-5-15-7-9/h2-3,5-8H,1,4H2,(H,13,14). The first-order chi connectivity index (χ1) is 7.77. The van der Waals surface area contributed by atoms with Crippen molar-refractivity contribution in [1.82, 2.24) is 0 Å². The van der Waals surface area contributed by atoms with Crippen LogP contribution in [0.25, 0.3) is 0 Å². The van der Waals surface area contributed by atoms with Gasteiger partial charge in [-0.3, -0.25) is 4.90 Å². The van der Waals surface area contributed by atoms with Crippen molar-refractivity contribution < 1.29 is 9.90 Å². The lowest BCUT2D eigenvalue weighted by molar-refractivity contribution is 0.202. The first-order valence-corrected chi connectivity index (χ1v) is 6.69. The van der Waals surface area contributed by atoms with E-state index < -0.39 is 6.09 Å². The van der Waals surface area contributed by atoms with Crippen molar-refractivity contribution in [3.05, 3.63) is 39.2 Å². The van der Waals surface area contributed by atoms with Gasteiger partial charge in [0, 0.05) is 11.9 Å². The smallest absolute Gasteiger partial charge is 0.411 e. The molecule has 1 amide bonds. The number of nitrogens with zero attached hydrogens (tertiary/aromatic N) is 1. The Bertz CT molecular complexity index is 437. The van der Waals surface area contributed by atoms with Crippen LogP contribution >= 0.6 is 22.7 Å². The van der Waals surface area contributed by atoms with Crippen LogP contribution in [-0.4, -0.2) is 17.7 Å². The van der Waals surface area contributed by atoms with E-state index in [1.54, 1.807) is 11.3 Å². The third-order valence-electron chi connectivity index (χ3n) is 2.25. The second-order valence-corrected chi connectivity index (χ2v) is 4.86. The summed E-state index contributed by atoms with van der Waals surface area (Å²) < 4.78 is 0. The number of thiophene rings is 2. The van der Waals surface area contributed by atoms with E-state index in [1.165, 1.54) is 21.8 Å². The molecule has 3 nitrogen and oxygen atoms in total. The zero-order valence-electron chi connectivity index (χ0n) is 8.50. The summed E-state index contributed by atoms with van der Waals surface area (Å²) in [6, 6.07) is 3.85. The molecule has 84 valence electrons. The zero-order chi connectivity index (χ0) is 11.4. The van der Waals surface area contributed by atoms with Crippen LogP contribution in [0.1, 0.15) is 5.56 Å². The summed E-state index contributed by atoms with van der Waals surface area (Å²) in [7, 11) is 0. The lowest BCUT2D eigenvalue weighted by Gasteiger charge is -2.17. The minimum absolute atomic E-state index is 0.503. The van der Waals surface area contributed by atoms with Gasteiger partial charge in [0.15, 0.2) is 0 Å². The molecule has 2 heterocycles. The minimum Gasteiger partial charge on any atom is -0.465 e. The molecule has 0 saturated heterocycles. The molecule has 0 saturated carbocycles. The Kier molecular flexibility index (Phi) is 3.58. The van der Waals surface area contributed by atoms with Crippen LogP contribution in [0.15, 0.2) is 33.7 Å². The molecule has 0 spiro atoms. The van der Waals surface area contributed by atoms with Crippen molar-refractivity contribution in [3.63, 3.8) is 0 Å². The van der Waals surface area contributed by atoms with E-state index in [0.29, 0.717) is 6.54 Å². The number of amides is 1. The molecule has 5 heteroatoms. The van der Waals surface area contributed by atoms with Gasteiger partial charge >= 0.3 is 6.09 Å². The summed E-state index contributed by atoms with van der Waals surface area (Å²) in [6.07, 6.45) is -0.139. The van der Waals surface area contributed by atoms with Crippen LogP contribution in [0, 0.1) is 0 Å². The number of carbonyl (C=O) groups is 1. The SMILES string of the molecule is O=C(O)N(CCc1ccsc1)c1ccsc1. The highest BCUT2D eigenvalue weighted by Crippen LogP contribution is 2.19. The van der Waals surface area contributed by atoms with Crippen LogP contribution < -0.4 is 4.90 Å². The van der Waals surface area contributed by atoms with E-state index in [9.17, 15) is 4.79 Å². The molecule has 2 rings (SSSR count). The summed E-state index contributed by atoms with van der Waals surface area (Å²) >= 11 is 3.14. The molecule has 0 aromatic carbocycles. The van der Waals surface area contributed by atoms with E-state index in [1.807, 2.05) is 33.7 Å². The summed E-state index contributed by atoms with van der Waals surface area (Å²) in [5, 5.41) is 16.9. The van der Waals surface area contributed by atoms with Crippen LogP contribution in [0.5, 0.6) is 0 Å². The van der Waals surface area contributed by atoms with Crippen molar-refractivity contribution in [2.45, 2.75) is 6.42 Å². The maximum atomic E-state index is 11.1. The number of carboxylic acid groups (broad SMARTS) is 1. The van der Waals surface area contributed by atoms with Crippen LogP contribution in [0.2, 0.25) is 0 Å². The van der Waals surface area contributed by atoms with E-state index in [4.69, 9.17) is 5.11 Å². The Balaban J connectivity index is 2.02. The number of rotatable bonds is 4. The number of hydrogen-bond donors (Lipinski definition) is 1. The van der Waals surface area contributed by atoms with Gasteiger partial charge in [0.2, 0.25) is 0 Å². The summed E-state index contributed by atoms with van der Waals surface area (Å²) in [5.41, 5.74) is 1.94. The Morgan fingerprint density at radius 1 is 1.25 bits per heavy atom. The maximum absolute atomic E-state index is 11.1. The molecule has 0 aliphatic carbocycles. The molecule has 0 aliphatic heterocycles. The Hall–Kier alpha value is -1.33. The first kappa shape index (κ1) is 11.2. The molecule has 2 aromatic rings. The van der Waals surface area contributed by atoms with Crippen LogP contribution in [-0.2, 0) is 6.42 Å². The van der Waals surface area contributed by atoms with E-state index in [2.05, 4.69) is 0 Å². The largest absolute Gasteiger partial charge is 0.465 e. The summed E-state index contributed by atoms with van der Waals surface area (Å²) in [4.78, 5) is 12.5. The Labute approximate surface area is 102 Å². The van der Waals surface area contributed by atoms with Gasteiger partial charge in [0.1, 0.15) is 0 Å². The van der Waals surface area contributed by atoms with Crippen LogP contribution in [0.3, 0.4) is 0 Å². The second kappa shape index (κ2) is 5.14. The minimum atomic E-state index is -0.895. The quantitative estimate of drug-likeness (QED) is 0.905. The highest BCUT2D eigenvalue weighted by atomic mass is 32.1. The molecular weight excluding hydrogens is 242 g/mol. The lowest BCUT2D eigenvalue weighted by Crippen LogP contribution is -2.30. The third kappa shape index (κ3) is 2.62. The normalized spacial score (nSPS) is 10.2. The summed E-state index contributed by atoms with van der Waals surface area (Å²) in [5.74, 6) is 0. The van der Waals surface area contributed by atoms with E-state index >= 15 is 0 Å². The monoisotopic (exact) mass is 253 g/mol. The van der Waals surface area contributed by atoms with Gasteiger partial charge in [-0.15, -0.1) is 0 Å². The molecule has 0 fully saturated rings. The number of anilines is 1. The van der Waals surface area contributed by atoms with Crippen molar-refractivity contribution in [2.75, 3.05) is 11.4 Å². The average Bonchev–Trinajstić information content (AvgIpc) is 2.88. The second-order valence-electron chi connectivity index (χ2n) is 3.30. The highest BCUT2D eigenvalue weighted by molar-refractivity contribution is 7.08. The molecule has 0 radical (unpaired) electrons. The molecular formula is C11H11NO2S2. The molecule has 0 bridgehead atoms. The van der Waals surface area contributed by atoms with Crippen molar-refractivity contribution in [2.24, 2.45) is 0 Å². The number of hydrogen-bond acceptors (Lipinski definition) is 3. The Morgan fingerprint density at radius 2 is 2.00 bits per heavy atom. The van der Waals surface area contributed by atoms with Gasteiger partial charge in [-0.05, 0) is 40.3 Å². The molecule has 16 heavy (non-hydrogen) atoms. The van der Waals surface area contributed by atoms with Crippen LogP contribution in [0.4, 0.5) is 10.5 Å². The molecule has 2 aromatic heterocycles. The van der Waals surface area contributed by atoms with Gasteiger partial charge < -0.3 is 5.11 Å². The van der Waals surface area contributed by atoms with Gasteiger partial charge in [-0.2, -0.15) is 22.7 Å². The fourth-order valence-electron chi connectivity index (χ4n) is 1.42. The van der Waals surface area contributed by atoms with Crippen molar-refractivity contribution in [1.29, 1.82) is 0 Å². The third-order valence-corrected chi connectivity index (χ3v) is 3.66. The maximum Gasteiger partial charge on any atom is 0.411 e. The average molecular weight is 253 g/mol. The van der Waals surface area contributed by atoms with Crippen molar-refractivity contribution in [3.8, 4) is 0 Å². The Morgan fingerprint density at radius 3 is 2.56 bits per heavy atom.